The second kappa shape index (κ2) is 6.02. The first-order valence-electron chi connectivity index (χ1n) is 8.46. The summed E-state index contributed by atoms with van der Waals surface area (Å²) in [6, 6.07) is 5.32. The second-order valence-corrected chi connectivity index (χ2v) is 6.69. The third-order valence-corrected chi connectivity index (χ3v) is 5.47. The van der Waals surface area contributed by atoms with Crippen molar-refractivity contribution >= 4 is 18.0 Å². The van der Waals surface area contributed by atoms with Gasteiger partial charge in [0.1, 0.15) is 0 Å². The minimum Gasteiger partial charge on any atom is -0.493 e. The van der Waals surface area contributed by atoms with E-state index in [1.54, 1.807) is 32.4 Å². The number of allylic oxidation sites excluding steroid dienone is 2. The average molecular weight is 340 g/mol. The Morgan fingerprint density at radius 1 is 1.00 bits per heavy atom. The quantitative estimate of drug-likeness (QED) is 0.479. The Kier molecular flexibility index (Phi) is 3.82. The number of rotatable bonds is 4. The molecule has 4 atom stereocenters. The SMILES string of the molecule is COc1ccc(C=NN2C(=O)C3C4C=CC(CC4)C3C2=O)cc1OC. The van der Waals surface area contributed by atoms with Gasteiger partial charge in [-0.1, -0.05) is 12.2 Å². The number of amides is 2. The summed E-state index contributed by atoms with van der Waals surface area (Å²) >= 11 is 0. The topological polar surface area (TPSA) is 68.2 Å². The smallest absolute Gasteiger partial charge is 0.254 e. The van der Waals surface area contributed by atoms with Gasteiger partial charge in [-0.2, -0.15) is 10.1 Å². The van der Waals surface area contributed by atoms with Crippen molar-refractivity contribution in [2.75, 3.05) is 14.2 Å². The van der Waals surface area contributed by atoms with Gasteiger partial charge in [0.25, 0.3) is 11.8 Å². The fourth-order valence-electron chi connectivity index (χ4n) is 4.23. The fraction of sp³-hybridized carbons (Fsp3) is 0.421. The number of benzene rings is 1. The van der Waals surface area contributed by atoms with Crippen LogP contribution in [0.1, 0.15) is 18.4 Å². The molecule has 1 aromatic rings. The molecule has 1 aliphatic heterocycles. The summed E-state index contributed by atoms with van der Waals surface area (Å²) in [5.74, 6) is 0.706. The number of imide groups is 1. The van der Waals surface area contributed by atoms with Crippen molar-refractivity contribution in [3.8, 4) is 11.5 Å². The summed E-state index contributed by atoms with van der Waals surface area (Å²) < 4.78 is 10.5. The fourth-order valence-corrected chi connectivity index (χ4v) is 4.23. The minimum atomic E-state index is -0.237. The van der Waals surface area contributed by atoms with E-state index in [0.29, 0.717) is 11.5 Å². The third-order valence-electron chi connectivity index (χ3n) is 5.47. The summed E-state index contributed by atoms with van der Waals surface area (Å²) in [7, 11) is 3.12. The van der Waals surface area contributed by atoms with Crippen LogP contribution < -0.4 is 9.47 Å². The van der Waals surface area contributed by atoms with Crippen LogP contribution in [-0.4, -0.2) is 37.3 Å². The van der Waals surface area contributed by atoms with Gasteiger partial charge in [-0.15, -0.1) is 0 Å². The Hall–Kier alpha value is -2.63. The molecule has 2 fully saturated rings. The molecular formula is C19H20N2O4. The Morgan fingerprint density at radius 2 is 1.60 bits per heavy atom. The van der Waals surface area contributed by atoms with E-state index in [1.807, 2.05) is 0 Å². The zero-order valence-electron chi connectivity index (χ0n) is 14.2. The second-order valence-electron chi connectivity index (χ2n) is 6.69. The molecule has 4 unspecified atom stereocenters. The monoisotopic (exact) mass is 340 g/mol. The molecule has 1 aromatic carbocycles. The van der Waals surface area contributed by atoms with Crippen LogP contribution in [0, 0.1) is 23.7 Å². The standard InChI is InChI=1S/C19H20N2O4/c1-24-14-8-3-11(9-15(14)25-2)10-20-21-18(22)16-12-4-5-13(7-6-12)17(16)19(21)23/h3-5,8-10,12-13,16-17H,6-7H2,1-2H3. The van der Waals surface area contributed by atoms with E-state index in [-0.39, 0.29) is 35.5 Å². The van der Waals surface area contributed by atoms with Crippen molar-refractivity contribution in [2.45, 2.75) is 12.8 Å². The summed E-state index contributed by atoms with van der Waals surface area (Å²) in [6.45, 7) is 0. The van der Waals surface area contributed by atoms with Gasteiger partial charge < -0.3 is 9.47 Å². The van der Waals surface area contributed by atoms with Crippen molar-refractivity contribution in [3.63, 3.8) is 0 Å². The van der Waals surface area contributed by atoms with E-state index in [0.717, 1.165) is 23.4 Å². The van der Waals surface area contributed by atoms with Gasteiger partial charge in [-0.05, 0) is 48.4 Å². The number of carbonyl (C=O) groups excluding carboxylic acids is 2. The van der Waals surface area contributed by atoms with Gasteiger partial charge in [-0.25, -0.2) is 0 Å². The van der Waals surface area contributed by atoms with Gasteiger partial charge >= 0.3 is 0 Å². The largest absolute Gasteiger partial charge is 0.493 e. The number of nitrogens with zero attached hydrogens (tertiary/aromatic N) is 2. The zero-order valence-corrected chi connectivity index (χ0v) is 14.2. The van der Waals surface area contributed by atoms with E-state index >= 15 is 0 Å². The molecule has 6 nitrogen and oxygen atoms in total. The van der Waals surface area contributed by atoms with E-state index in [1.165, 1.54) is 6.21 Å². The molecule has 6 heteroatoms. The maximum absolute atomic E-state index is 12.7. The molecule has 2 bridgehead atoms. The molecular weight excluding hydrogens is 320 g/mol. The van der Waals surface area contributed by atoms with Crippen molar-refractivity contribution in [3.05, 3.63) is 35.9 Å². The normalized spacial score (nSPS) is 30.2. The zero-order chi connectivity index (χ0) is 17.6. The van der Waals surface area contributed by atoms with Crippen LogP contribution in [0.25, 0.3) is 0 Å². The van der Waals surface area contributed by atoms with E-state index in [2.05, 4.69) is 17.3 Å². The summed E-state index contributed by atoms with van der Waals surface area (Å²) in [4.78, 5) is 25.4. The maximum atomic E-state index is 12.7. The first-order valence-corrected chi connectivity index (χ1v) is 8.46. The molecule has 0 N–H and O–H groups in total. The predicted octanol–water partition coefficient (Wildman–Crippen LogP) is 2.23. The molecule has 1 heterocycles. The van der Waals surface area contributed by atoms with Crippen molar-refractivity contribution in [2.24, 2.45) is 28.8 Å². The van der Waals surface area contributed by atoms with Crippen LogP contribution in [-0.2, 0) is 9.59 Å². The first kappa shape index (κ1) is 15.9. The number of hydrogen-bond acceptors (Lipinski definition) is 5. The highest BCUT2D eigenvalue weighted by Crippen LogP contribution is 2.49. The number of methoxy groups -OCH3 is 2. The Bertz CT molecular complexity index is 754. The molecule has 130 valence electrons. The Balaban J connectivity index is 1.58. The van der Waals surface area contributed by atoms with Crippen molar-refractivity contribution in [1.29, 1.82) is 0 Å². The number of hydrazone groups is 1. The van der Waals surface area contributed by atoms with Crippen LogP contribution in [0.15, 0.2) is 35.5 Å². The lowest BCUT2D eigenvalue weighted by molar-refractivity contribution is -0.140. The molecule has 0 spiro atoms. The minimum absolute atomic E-state index is 0.174. The summed E-state index contributed by atoms with van der Waals surface area (Å²) in [5, 5.41) is 5.25. The lowest BCUT2D eigenvalue weighted by Crippen LogP contribution is -2.38. The summed E-state index contributed by atoms with van der Waals surface area (Å²) in [5.41, 5.74) is 0.731. The molecule has 2 amide bonds. The molecule has 3 aliphatic carbocycles. The van der Waals surface area contributed by atoms with E-state index in [4.69, 9.17) is 9.47 Å². The van der Waals surface area contributed by atoms with Crippen LogP contribution in [0.3, 0.4) is 0 Å². The van der Waals surface area contributed by atoms with Gasteiger partial charge in [0.05, 0.1) is 32.3 Å². The average Bonchev–Trinajstić information content (AvgIpc) is 2.93. The number of carbonyl (C=O) groups is 2. The molecule has 4 aliphatic rings. The number of ether oxygens (including phenoxy) is 2. The lowest BCUT2D eigenvalue weighted by Gasteiger charge is -2.37. The van der Waals surface area contributed by atoms with Gasteiger partial charge in [-0.3, -0.25) is 9.59 Å². The molecule has 1 saturated heterocycles. The number of hydrogen-bond donors (Lipinski definition) is 0. The van der Waals surface area contributed by atoms with Crippen LogP contribution >= 0.6 is 0 Å². The van der Waals surface area contributed by atoms with Gasteiger partial charge in [0.15, 0.2) is 11.5 Å². The molecule has 1 saturated carbocycles. The van der Waals surface area contributed by atoms with Crippen LogP contribution in [0.4, 0.5) is 0 Å². The van der Waals surface area contributed by atoms with E-state index in [9.17, 15) is 9.59 Å². The van der Waals surface area contributed by atoms with Crippen LogP contribution in [0.2, 0.25) is 0 Å². The Labute approximate surface area is 146 Å². The third kappa shape index (κ3) is 2.44. The first-order chi connectivity index (χ1) is 12.1. The predicted molar refractivity (Wildman–Crippen MR) is 91.3 cm³/mol. The van der Waals surface area contributed by atoms with Gasteiger partial charge in [0, 0.05) is 0 Å². The molecule has 5 rings (SSSR count). The highest BCUT2D eigenvalue weighted by molar-refractivity contribution is 6.06. The van der Waals surface area contributed by atoms with Crippen molar-refractivity contribution in [1.82, 2.24) is 5.01 Å². The highest BCUT2D eigenvalue weighted by Gasteiger charge is 2.56. The number of fused-ring (bicyclic) bond motifs is 1. The van der Waals surface area contributed by atoms with Gasteiger partial charge in [0.2, 0.25) is 0 Å². The molecule has 0 radical (unpaired) electrons. The van der Waals surface area contributed by atoms with Crippen molar-refractivity contribution < 1.29 is 19.1 Å². The van der Waals surface area contributed by atoms with E-state index < -0.39 is 0 Å². The Morgan fingerprint density at radius 3 is 2.12 bits per heavy atom. The maximum Gasteiger partial charge on any atom is 0.254 e. The molecule has 0 aromatic heterocycles. The van der Waals surface area contributed by atoms with Crippen LogP contribution in [0.5, 0.6) is 11.5 Å². The highest BCUT2D eigenvalue weighted by atomic mass is 16.5. The lowest BCUT2D eigenvalue weighted by atomic mass is 9.63. The summed E-state index contributed by atoms with van der Waals surface area (Å²) in [6.07, 6.45) is 7.68. The molecule has 25 heavy (non-hydrogen) atoms.